The van der Waals surface area contributed by atoms with E-state index in [1.807, 2.05) is 34.3 Å². The van der Waals surface area contributed by atoms with Gasteiger partial charge in [-0.15, -0.1) is 11.3 Å². The van der Waals surface area contributed by atoms with Gasteiger partial charge in [0.25, 0.3) is 0 Å². The molecule has 0 aromatic carbocycles. The molecule has 1 saturated carbocycles. The lowest BCUT2D eigenvalue weighted by molar-refractivity contribution is -0.117. The molecular weight excluding hydrogens is 426 g/mol. The van der Waals surface area contributed by atoms with E-state index in [1.165, 1.54) is 24.2 Å². The number of carbonyl (C=O) groups is 1. The van der Waals surface area contributed by atoms with Crippen LogP contribution in [0.4, 0.5) is 17.2 Å². The molecule has 1 fully saturated rings. The van der Waals surface area contributed by atoms with Gasteiger partial charge in [0.1, 0.15) is 22.4 Å². The third-order valence-electron chi connectivity index (χ3n) is 5.82. The highest BCUT2D eigenvalue weighted by atomic mass is 32.1. The standard InChI is InChI=1S/C21H21N9OS/c1-2-16-20(31)26-15-9-23-18(14-8-24-28-17(14)21-22-5-6-32-21)27-19(15)30(16)13-7-25-29(11-13)10-12-3-4-12/h5-9,11-12,16H,2-4,10H2,1H3,(H,24,28)(H,26,31). The van der Waals surface area contributed by atoms with E-state index in [9.17, 15) is 4.79 Å². The van der Waals surface area contributed by atoms with Crippen molar-refractivity contribution in [3.63, 3.8) is 0 Å². The molecule has 5 heterocycles. The van der Waals surface area contributed by atoms with Crippen LogP contribution < -0.4 is 10.2 Å². The highest BCUT2D eigenvalue weighted by molar-refractivity contribution is 7.13. The molecule has 1 amide bonds. The summed E-state index contributed by atoms with van der Waals surface area (Å²) in [6, 6.07) is -0.383. The fourth-order valence-corrected chi connectivity index (χ4v) is 4.68. The molecule has 1 aliphatic heterocycles. The Hall–Kier alpha value is -3.60. The Morgan fingerprint density at radius 1 is 1.22 bits per heavy atom. The Bertz CT molecular complexity index is 1270. The van der Waals surface area contributed by atoms with Crippen LogP contribution in [0.1, 0.15) is 26.2 Å². The Kier molecular flexibility index (Phi) is 4.49. The maximum Gasteiger partial charge on any atom is 0.247 e. The second-order valence-electron chi connectivity index (χ2n) is 8.07. The molecular formula is C21H21N9OS. The van der Waals surface area contributed by atoms with Crippen molar-refractivity contribution in [1.82, 2.24) is 34.9 Å². The number of aromatic amines is 1. The van der Waals surface area contributed by atoms with Gasteiger partial charge >= 0.3 is 0 Å². The molecule has 32 heavy (non-hydrogen) atoms. The zero-order valence-corrected chi connectivity index (χ0v) is 18.2. The van der Waals surface area contributed by atoms with E-state index >= 15 is 0 Å². The molecule has 0 saturated heterocycles. The van der Waals surface area contributed by atoms with Crippen molar-refractivity contribution in [1.29, 1.82) is 0 Å². The van der Waals surface area contributed by atoms with Crippen LogP contribution in [0.25, 0.3) is 22.1 Å². The topological polar surface area (TPSA) is 118 Å². The molecule has 4 aromatic rings. The number of aromatic nitrogens is 7. The number of nitrogens with one attached hydrogen (secondary N) is 2. The van der Waals surface area contributed by atoms with E-state index in [0.717, 1.165) is 28.5 Å². The maximum atomic E-state index is 12.8. The van der Waals surface area contributed by atoms with Crippen LogP contribution in [-0.4, -0.2) is 46.9 Å². The summed E-state index contributed by atoms with van der Waals surface area (Å²) in [5.74, 6) is 1.81. The summed E-state index contributed by atoms with van der Waals surface area (Å²) < 4.78 is 1.96. The first-order valence-electron chi connectivity index (χ1n) is 10.6. The number of thiazole rings is 1. The predicted octanol–water partition coefficient (Wildman–Crippen LogP) is 3.47. The highest BCUT2D eigenvalue weighted by Crippen LogP contribution is 2.39. The fraction of sp³-hybridized carbons (Fsp3) is 0.333. The van der Waals surface area contributed by atoms with E-state index in [4.69, 9.17) is 4.98 Å². The minimum absolute atomic E-state index is 0.0712. The summed E-state index contributed by atoms with van der Waals surface area (Å²) in [4.78, 5) is 28.6. The number of nitrogens with zero attached hydrogens (tertiary/aromatic N) is 7. The van der Waals surface area contributed by atoms with Gasteiger partial charge in [0.15, 0.2) is 11.6 Å². The van der Waals surface area contributed by atoms with Crippen LogP contribution >= 0.6 is 11.3 Å². The smallest absolute Gasteiger partial charge is 0.247 e. The number of fused-ring (bicyclic) bond motifs is 1. The van der Waals surface area contributed by atoms with Crippen LogP contribution in [0.2, 0.25) is 0 Å². The quantitative estimate of drug-likeness (QED) is 0.465. The summed E-state index contributed by atoms with van der Waals surface area (Å²) in [5, 5.41) is 17.4. The zero-order chi connectivity index (χ0) is 21.7. The first kappa shape index (κ1) is 19.1. The van der Waals surface area contributed by atoms with Crippen molar-refractivity contribution in [2.24, 2.45) is 5.92 Å². The molecule has 11 heteroatoms. The van der Waals surface area contributed by atoms with Gasteiger partial charge in [0, 0.05) is 24.3 Å². The van der Waals surface area contributed by atoms with Gasteiger partial charge in [-0.2, -0.15) is 10.2 Å². The summed E-state index contributed by atoms with van der Waals surface area (Å²) in [7, 11) is 0. The van der Waals surface area contributed by atoms with Crippen LogP contribution in [0.3, 0.4) is 0 Å². The first-order chi connectivity index (χ1) is 15.7. The minimum atomic E-state index is -0.383. The highest BCUT2D eigenvalue weighted by Gasteiger charge is 2.35. The van der Waals surface area contributed by atoms with Crippen molar-refractivity contribution in [2.45, 2.75) is 38.8 Å². The molecule has 1 unspecified atom stereocenters. The molecule has 4 aromatic heterocycles. The van der Waals surface area contributed by atoms with Crippen LogP contribution in [0, 0.1) is 5.92 Å². The molecule has 0 spiro atoms. The molecule has 6 rings (SSSR count). The maximum absolute atomic E-state index is 12.8. The van der Waals surface area contributed by atoms with Gasteiger partial charge in [0.05, 0.1) is 29.8 Å². The van der Waals surface area contributed by atoms with E-state index in [1.54, 1.807) is 18.6 Å². The number of rotatable bonds is 6. The molecule has 2 aliphatic rings. The van der Waals surface area contributed by atoms with Gasteiger partial charge in [-0.25, -0.2) is 15.0 Å². The van der Waals surface area contributed by atoms with Gasteiger partial charge in [-0.1, -0.05) is 6.92 Å². The number of hydrogen-bond acceptors (Lipinski definition) is 8. The van der Waals surface area contributed by atoms with Gasteiger partial charge < -0.3 is 10.2 Å². The molecule has 162 valence electrons. The number of H-pyrrole nitrogens is 1. The third kappa shape index (κ3) is 3.25. The lowest BCUT2D eigenvalue weighted by atomic mass is 10.1. The molecule has 2 N–H and O–H groups in total. The Morgan fingerprint density at radius 3 is 2.91 bits per heavy atom. The number of amides is 1. The summed E-state index contributed by atoms with van der Waals surface area (Å²) in [5.41, 5.74) is 2.97. The normalized spacial score (nSPS) is 18.0. The van der Waals surface area contributed by atoms with Crippen LogP contribution in [-0.2, 0) is 11.3 Å². The summed E-state index contributed by atoms with van der Waals surface area (Å²) >= 11 is 1.52. The fourth-order valence-electron chi connectivity index (χ4n) is 4.03. The molecule has 1 atom stereocenters. The Balaban J connectivity index is 1.44. The van der Waals surface area contributed by atoms with Crippen molar-refractivity contribution in [3.8, 4) is 22.1 Å². The van der Waals surface area contributed by atoms with Crippen LogP contribution in [0.15, 0.2) is 36.4 Å². The van der Waals surface area contributed by atoms with Crippen LogP contribution in [0.5, 0.6) is 0 Å². The lowest BCUT2D eigenvalue weighted by Crippen LogP contribution is -2.45. The minimum Gasteiger partial charge on any atom is -0.320 e. The van der Waals surface area contributed by atoms with Crippen molar-refractivity contribution >= 4 is 34.4 Å². The van der Waals surface area contributed by atoms with Gasteiger partial charge in [0.2, 0.25) is 5.91 Å². The van der Waals surface area contributed by atoms with Gasteiger partial charge in [-0.3, -0.25) is 14.6 Å². The van der Waals surface area contributed by atoms with Crippen molar-refractivity contribution < 1.29 is 4.79 Å². The number of anilines is 3. The number of carbonyl (C=O) groups excluding carboxylic acids is 1. The van der Waals surface area contributed by atoms with E-state index in [0.29, 0.717) is 29.7 Å². The summed E-state index contributed by atoms with van der Waals surface area (Å²) in [6.07, 6.45) is 12.1. The van der Waals surface area contributed by atoms with Crippen molar-refractivity contribution in [3.05, 3.63) is 36.4 Å². The first-order valence-corrected chi connectivity index (χ1v) is 11.5. The number of hydrogen-bond donors (Lipinski definition) is 2. The van der Waals surface area contributed by atoms with E-state index in [2.05, 4.69) is 30.6 Å². The average molecular weight is 448 g/mol. The van der Waals surface area contributed by atoms with Gasteiger partial charge in [-0.05, 0) is 25.2 Å². The average Bonchev–Trinajstić information content (AvgIpc) is 3.21. The molecule has 0 radical (unpaired) electrons. The third-order valence-corrected chi connectivity index (χ3v) is 6.61. The molecule has 10 nitrogen and oxygen atoms in total. The second-order valence-corrected chi connectivity index (χ2v) is 8.97. The molecule has 1 aliphatic carbocycles. The van der Waals surface area contributed by atoms with E-state index in [-0.39, 0.29) is 11.9 Å². The SMILES string of the molecule is CCC1C(=O)Nc2cnc(-c3cn[nH]c3-c3nccs3)nc2N1c1cnn(CC2CC2)c1. The monoisotopic (exact) mass is 447 g/mol. The zero-order valence-electron chi connectivity index (χ0n) is 17.4. The summed E-state index contributed by atoms with van der Waals surface area (Å²) in [6.45, 7) is 2.90. The van der Waals surface area contributed by atoms with Crippen molar-refractivity contribution in [2.75, 3.05) is 10.2 Å². The Labute approximate surface area is 187 Å². The Morgan fingerprint density at radius 2 is 2.12 bits per heavy atom. The predicted molar refractivity (Wildman–Crippen MR) is 121 cm³/mol. The lowest BCUT2D eigenvalue weighted by Gasteiger charge is -2.35. The largest absolute Gasteiger partial charge is 0.320 e. The molecule has 0 bridgehead atoms. The van der Waals surface area contributed by atoms with E-state index < -0.39 is 0 Å². The second kappa shape index (κ2) is 7.52.